The summed E-state index contributed by atoms with van der Waals surface area (Å²) < 4.78 is 39.6. The maximum absolute atomic E-state index is 13.2. The molecular weight excluding hydrogens is 303 g/mol. The number of allylic oxidation sites excluding steroid dienone is 2. The largest absolute Gasteiger partial charge is 0.481 e. The van der Waals surface area contributed by atoms with Gasteiger partial charge in [0.1, 0.15) is 11.5 Å². The molecule has 1 aliphatic heterocycles. The maximum Gasteiger partial charge on any atom is 0.410 e. The molecule has 2 aliphatic rings. The fourth-order valence-corrected chi connectivity index (χ4v) is 3.07. The number of fused-ring (bicyclic) bond motifs is 1. The number of rotatable bonds is 3. The van der Waals surface area contributed by atoms with Gasteiger partial charge < -0.3 is 15.5 Å². The molecule has 0 bridgehead atoms. The van der Waals surface area contributed by atoms with Crippen molar-refractivity contribution in [3.05, 3.63) is 23.4 Å². The van der Waals surface area contributed by atoms with Crippen LogP contribution in [0.1, 0.15) is 26.7 Å². The third-order valence-electron chi connectivity index (χ3n) is 4.65. The molecule has 22 heavy (non-hydrogen) atoms. The second-order valence-corrected chi connectivity index (χ2v) is 5.82. The lowest BCUT2D eigenvalue weighted by Crippen LogP contribution is -2.50. The van der Waals surface area contributed by atoms with Crippen LogP contribution in [0.15, 0.2) is 23.4 Å². The maximum atomic E-state index is 13.2. The number of hydrogen-bond acceptors (Lipinski definition) is 3. The minimum atomic E-state index is -4.77. The number of aliphatic carboxylic acids is 2. The monoisotopic (exact) mass is 319 g/mol. The van der Waals surface area contributed by atoms with E-state index < -0.39 is 35.0 Å². The van der Waals surface area contributed by atoms with Crippen LogP contribution in [0.3, 0.4) is 0 Å². The molecule has 0 amide bonds. The van der Waals surface area contributed by atoms with Crippen LogP contribution in [-0.4, -0.2) is 34.4 Å². The third kappa shape index (κ3) is 2.08. The second kappa shape index (κ2) is 4.76. The Hall–Kier alpha value is -1.99. The van der Waals surface area contributed by atoms with Gasteiger partial charge in [0.2, 0.25) is 0 Å². The van der Waals surface area contributed by atoms with Crippen LogP contribution in [0.25, 0.3) is 0 Å². The molecule has 1 aliphatic carbocycles. The van der Waals surface area contributed by atoms with Gasteiger partial charge in [-0.2, -0.15) is 13.2 Å². The van der Waals surface area contributed by atoms with Gasteiger partial charge in [-0.05, 0) is 31.4 Å². The highest BCUT2D eigenvalue weighted by molar-refractivity contribution is 5.85. The quantitative estimate of drug-likeness (QED) is 0.743. The number of carbonyl (C=O) groups is 2. The molecule has 2 rings (SSSR count). The SMILES string of the molecule is CCC1(C(=O)O)C=C2NC(C(F)(F)F)C(C)(C(=O)O)C2=CC1. The molecule has 0 spiro atoms. The van der Waals surface area contributed by atoms with Crippen molar-refractivity contribution in [3.63, 3.8) is 0 Å². The number of carboxylic acids is 2. The zero-order chi connectivity index (χ0) is 16.9. The second-order valence-electron chi connectivity index (χ2n) is 5.82. The van der Waals surface area contributed by atoms with Gasteiger partial charge in [-0.25, -0.2) is 0 Å². The van der Waals surface area contributed by atoms with Crippen molar-refractivity contribution in [2.45, 2.75) is 38.9 Å². The molecule has 3 unspecified atom stereocenters. The summed E-state index contributed by atoms with van der Waals surface area (Å²) in [5, 5.41) is 20.8. The van der Waals surface area contributed by atoms with E-state index in [9.17, 15) is 33.0 Å². The fraction of sp³-hybridized carbons (Fsp3) is 0.571. The van der Waals surface area contributed by atoms with Crippen LogP contribution in [0.5, 0.6) is 0 Å². The molecule has 0 saturated carbocycles. The fourth-order valence-electron chi connectivity index (χ4n) is 3.07. The van der Waals surface area contributed by atoms with E-state index >= 15 is 0 Å². The summed E-state index contributed by atoms with van der Waals surface area (Å²) in [5.74, 6) is -2.75. The van der Waals surface area contributed by atoms with Gasteiger partial charge in [0.05, 0.1) is 5.41 Å². The van der Waals surface area contributed by atoms with Crippen molar-refractivity contribution in [1.29, 1.82) is 0 Å². The summed E-state index contributed by atoms with van der Waals surface area (Å²) in [6, 6.07) is -2.29. The van der Waals surface area contributed by atoms with Crippen molar-refractivity contribution >= 4 is 11.9 Å². The summed E-state index contributed by atoms with van der Waals surface area (Å²) in [7, 11) is 0. The number of nitrogens with one attached hydrogen (secondary N) is 1. The molecular formula is C14H16F3NO4. The Bertz CT molecular complexity index is 595. The number of alkyl halides is 3. The topological polar surface area (TPSA) is 86.6 Å². The van der Waals surface area contributed by atoms with E-state index in [1.165, 1.54) is 12.2 Å². The lowest BCUT2D eigenvalue weighted by Gasteiger charge is -2.31. The number of halogens is 3. The van der Waals surface area contributed by atoms with Crippen molar-refractivity contribution < 1.29 is 33.0 Å². The highest BCUT2D eigenvalue weighted by atomic mass is 19.4. The van der Waals surface area contributed by atoms with Gasteiger partial charge in [0, 0.05) is 5.70 Å². The number of carboxylic acid groups (broad SMARTS) is 2. The zero-order valence-electron chi connectivity index (χ0n) is 12.0. The molecule has 0 aromatic heterocycles. The van der Waals surface area contributed by atoms with E-state index in [-0.39, 0.29) is 24.1 Å². The van der Waals surface area contributed by atoms with Gasteiger partial charge >= 0.3 is 18.1 Å². The summed E-state index contributed by atoms with van der Waals surface area (Å²) in [4.78, 5) is 22.9. The Balaban J connectivity index is 2.57. The lowest BCUT2D eigenvalue weighted by atomic mass is 9.71. The van der Waals surface area contributed by atoms with Crippen LogP contribution < -0.4 is 5.32 Å². The van der Waals surface area contributed by atoms with Gasteiger partial charge in [-0.3, -0.25) is 9.59 Å². The van der Waals surface area contributed by atoms with E-state index in [0.29, 0.717) is 0 Å². The van der Waals surface area contributed by atoms with E-state index in [1.807, 2.05) is 0 Å². The first-order valence-electron chi connectivity index (χ1n) is 6.73. The highest BCUT2D eigenvalue weighted by Crippen LogP contribution is 2.51. The molecule has 8 heteroatoms. The van der Waals surface area contributed by atoms with Gasteiger partial charge in [-0.15, -0.1) is 0 Å². The predicted octanol–water partition coefficient (Wildman–Crippen LogP) is 2.31. The van der Waals surface area contributed by atoms with Gasteiger partial charge in [-0.1, -0.05) is 13.0 Å². The molecule has 5 nitrogen and oxygen atoms in total. The average Bonchev–Trinajstić information content (AvgIpc) is 2.72. The van der Waals surface area contributed by atoms with Crippen molar-refractivity contribution in [2.24, 2.45) is 10.8 Å². The highest BCUT2D eigenvalue weighted by Gasteiger charge is 2.63. The summed E-state index contributed by atoms with van der Waals surface area (Å²) in [6.45, 7) is 2.63. The minimum absolute atomic E-state index is 0.00681. The standard InChI is InChI=1S/C14H16F3NO4/c1-3-13(11(21)22)5-4-7-8(6-13)18-9(14(15,16)17)12(7,2)10(19)20/h4,6,9,18H,3,5H2,1-2H3,(H,19,20)(H,21,22). The van der Waals surface area contributed by atoms with Crippen LogP contribution in [-0.2, 0) is 9.59 Å². The molecule has 1 saturated heterocycles. The summed E-state index contributed by atoms with van der Waals surface area (Å²) in [6.07, 6.45) is -2.09. The van der Waals surface area contributed by atoms with Crippen LogP contribution >= 0.6 is 0 Å². The third-order valence-corrected chi connectivity index (χ3v) is 4.65. The zero-order valence-corrected chi connectivity index (χ0v) is 12.0. The molecule has 0 radical (unpaired) electrons. The first-order chi connectivity index (χ1) is 9.99. The smallest absolute Gasteiger partial charge is 0.410 e. The van der Waals surface area contributed by atoms with Gasteiger partial charge in [0.25, 0.3) is 0 Å². The molecule has 0 aromatic rings. The summed E-state index contributed by atoms with van der Waals surface area (Å²) in [5.41, 5.74) is -3.55. The van der Waals surface area contributed by atoms with Crippen molar-refractivity contribution in [1.82, 2.24) is 5.32 Å². The van der Waals surface area contributed by atoms with E-state index in [0.717, 1.165) is 6.92 Å². The normalized spacial score (nSPS) is 34.3. The molecule has 1 heterocycles. The Kier molecular flexibility index (Phi) is 3.54. The van der Waals surface area contributed by atoms with E-state index in [1.54, 1.807) is 6.92 Å². The Morgan fingerprint density at radius 3 is 2.36 bits per heavy atom. The Morgan fingerprint density at radius 2 is 1.95 bits per heavy atom. The molecule has 1 fully saturated rings. The van der Waals surface area contributed by atoms with Crippen molar-refractivity contribution in [2.75, 3.05) is 0 Å². The minimum Gasteiger partial charge on any atom is -0.481 e. The Morgan fingerprint density at radius 1 is 1.36 bits per heavy atom. The molecule has 3 atom stereocenters. The van der Waals surface area contributed by atoms with Gasteiger partial charge in [0.15, 0.2) is 0 Å². The van der Waals surface area contributed by atoms with E-state index in [2.05, 4.69) is 5.32 Å². The lowest BCUT2D eigenvalue weighted by molar-refractivity contribution is -0.182. The average molecular weight is 319 g/mol. The summed E-state index contributed by atoms with van der Waals surface area (Å²) >= 11 is 0. The molecule has 122 valence electrons. The van der Waals surface area contributed by atoms with Crippen LogP contribution in [0, 0.1) is 10.8 Å². The molecule has 0 aromatic carbocycles. The molecule has 3 N–H and O–H groups in total. The van der Waals surface area contributed by atoms with Crippen LogP contribution in [0.4, 0.5) is 13.2 Å². The predicted molar refractivity (Wildman–Crippen MR) is 69.9 cm³/mol. The number of hydrogen-bond donors (Lipinski definition) is 3. The van der Waals surface area contributed by atoms with Crippen LogP contribution in [0.2, 0.25) is 0 Å². The first kappa shape index (κ1) is 16.4. The Labute approximate surface area is 124 Å². The first-order valence-corrected chi connectivity index (χ1v) is 6.73. The van der Waals surface area contributed by atoms with Crippen molar-refractivity contribution in [3.8, 4) is 0 Å². The van der Waals surface area contributed by atoms with E-state index in [4.69, 9.17) is 0 Å².